The maximum atomic E-state index is 10.8. The molecule has 1 rings (SSSR count). The molecule has 0 unspecified atom stereocenters. The fraction of sp³-hybridized carbons (Fsp3) is 0.429. The molecule has 0 saturated heterocycles. The Morgan fingerprint density at radius 3 is 2.69 bits per heavy atom. The first-order valence-electron chi connectivity index (χ1n) is 3.68. The van der Waals surface area contributed by atoms with Crippen LogP contribution < -0.4 is 5.48 Å². The zero-order chi connectivity index (χ0) is 10.0. The van der Waals surface area contributed by atoms with Gasteiger partial charge >= 0.3 is 0 Å². The topological polar surface area (TPSA) is 67.2 Å². The lowest BCUT2D eigenvalue weighted by Crippen LogP contribution is -2.25. The molecule has 0 spiro atoms. The van der Waals surface area contributed by atoms with Crippen LogP contribution in [0.5, 0.6) is 0 Å². The fourth-order valence-corrected chi connectivity index (χ4v) is 1.28. The van der Waals surface area contributed by atoms with Crippen LogP contribution in [0.3, 0.4) is 0 Å². The number of hydrogen-bond acceptors (Lipinski definition) is 3. The molecule has 0 aliphatic heterocycles. The number of hydrogen-bond donors (Lipinski definition) is 2. The summed E-state index contributed by atoms with van der Waals surface area (Å²) in [4.78, 5) is 10.8. The van der Waals surface area contributed by atoms with Crippen LogP contribution in [0.4, 0.5) is 0 Å². The van der Waals surface area contributed by atoms with Crippen molar-refractivity contribution < 1.29 is 10.0 Å². The Morgan fingerprint density at radius 2 is 2.31 bits per heavy atom. The van der Waals surface area contributed by atoms with E-state index in [1.165, 1.54) is 4.68 Å². The van der Waals surface area contributed by atoms with Crippen molar-refractivity contribution in [1.29, 1.82) is 0 Å². The number of halogens is 1. The summed E-state index contributed by atoms with van der Waals surface area (Å²) < 4.78 is 2.41. The number of nitrogens with zero attached hydrogens (tertiary/aromatic N) is 2. The number of carbonyl (C=O) groups excluding carboxylic acids is 1. The lowest BCUT2D eigenvalue weighted by molar-refractivity contribution is -0.130. The molecule has 0 bridgehead atoms. The third kappa shape index (κ3) is 2.07. The number of amides is 1. The number of carbonyl (C=O) groups is 1. The highest BCUT2D eigenvalue weighted by atomic mass is 79.9. The van der Waals surface area contributed by atoms with E-state index in [0.717, 1.165) is 15.9 Å². The second-order valence-corrected chi connectivity index (χ2v) is 3.47. The Bertz CT molecular complexity index is 335. The quantitative estimate of drug-likeness (QED) is 0.600. The molecule has 72 valence electrons. The number of aromatic nitrogens is 2. The molecule has 1 heterocycles. The van der Waals surface area contributed by atoms with E-state index in [1.54, 1.807) is 5.48 Å². The van der Waals surface area contributed by atoms with Gasteiger partial charge in [0, 0.05) is 0 Å². The van der Waals surface area contributed by atoms with Gasteiger partial charge < -0.3 is 0 Å². The average Bonchev–Trinajstić information content (AvgIpc) is 2.34. The van der Waals surface area contributed by atoms with Crippen molar-refractivity contribution in [3.63, 3.8) is 0 Å². The highest BCUT2D eigenvalue weighted by Gasteiger charge is 2.10. The van der Waals surface area contributed by atoms with Gasteiger partial charge in [-0.2, -0.15) is 5.10 Å². The van der Waals surface area contributed by atoms with E-state index in [2.05, 4.69) is 21.0 Å². The fourth-order valence-electron chi connectivity index (χ4n) is 1.00. The Balaban J connectivity index is 2.90. The Kier molecular flexibility index (Phi) is 3.05. The lowest BCUT2D eigenvalue weighted by Gasteiger charge is -2.01. The zero-order valence-corrected chi connectivity index (χ0v) is 8.92. The van der Waals surface area contributed by atoms with Crippen LogP contribution in [0, 0.1) is 13.8 Å². The summed E-state index contributed by atoms with van der Waals surface area (Å²) in [5.74, 6) is -0.488. The van der Waals surface area contributed by atoms with E-state index in [-0.39, 0.29) is 6.54 Å². The molecule has 0 aromatic carbocycles. The zero-order valence-electron chi connectivity index (χ0n) is 7.33. The Hall–Kier alpha value is -0.880. The first-order chi connectivity index (χ1) is 6.06. The molecule has 2 N–H and O–H groups in total. The molecular weight excluding hydrogens is 238 g/mol. The van der Waals surface area contributed by atoms with Gasteiger partial charge in [0.15, 0.2) is 0 Å². The minimum absolute atomic E-state index is 0.0226. The summed E-state index contributed by atoms with van der Waals surface area (Å²) >= 11 is 3.33. The van der Waals surface area contributed by atoms with Crippen molar-refractivity contribution in [3.8, 4) is 0 Å². The normalized spacial score (nSPS) is 10.2. The van der Waals surface area contributed by atoms with Crippen molar-refractivity contribution in [2.75, 3.05) is 0 Å². The van der Waals surface area contributed by atoms with Gasteiger partial charge in [-0.05, 0) is 29.8 Å². The van der Waals surface area contributed by atoms with Crippen LogP contribution in [0.25, 0.3) is 0 Å². The first kappa shape index (κ1) is 10.2. The van der Waals surface area contributed by atoms with E-state index >= 15 is 0 Å². The number of nitrogens with one attached hydrogen (secondary N) is 1. The summed E-state index contributed by atoms with van der Waals surface area (Å²) in [6.45, 7) is 3.70. The van der Waals surface area contributed by atoms with Gasteiger partial charge in [-0.3, -0.25) is 14.7 Å². The highest BCUT2D eigenvalue weighted by Crippen LogP contribution is 2.19. The number of hydroxylamine groups is 1. The summed E-state index contributed by atoms with van der Waals surface area (Å²) in [5, 5.41) is 12.4. The van der Waals surface area contributed by atoms with Crippen LogP contribution in [-0.4, -0.2) is 20.9 Å². The van der Waals surface area contributed by atoms with E-state index in [4.69, 9.17) is 5.21 Å². The molecule has 0 fully saturated rings. The molecule has 0 saturated carbocycles. The molecule has 6 heteroatoms. The monoisotopic (exact) mass is 247 g/mol. The van der Waals surface area contributed by atoms with Gasteiger partial charge in [0.2, 0.25) is 0 Å². The number of aryl methyl sites for hydroxylation is 1. The summed E-state index contributed by atoms with van der Waals surface area (Å²) in [6.07, 6.45) is 0. The number of rotatable bonds is 2. The first-order valence-corrected chi connectivity index (χ1v) is 4.48. The second kappa shape index (κ2) is 3.89. The Labute approximate surface area is 83.8 Å². The largest absolute Gasteiger partial charge is 0.289 e. The van der Waals surface area contributed by atoms with E-state index in [1.807, 2.05) is 13.8 Å². The van der Waals surface area contributed by atoms with Crippen LogP contribution >= 0.6 is 15.9 Å². The highest BCUT2D eigenvalue weighted by molar-refractivity contribution is 9.10. The van der Waals surface area contributed by atoms with Gasteiger partial charge in [-0.1, -0.05) is 0 Å². The molecule has 1 aromatic rings. The van der Waals surface area contributed by atoms with Crippen LogP contribution in [-0.2, 0) is 11.3 Å². The molecule has 13 heavy (non-hydrogen) atoms. The smallest absolute Gasteiger partial charge is 0.265 e. The van der Waals surface area contributed by atoms with Gasteiger partial charge in [-0.25, -0.2) is 5.48 Å². The molecule has 0 aliphatic rings. The van der Waals surface area contributed by atoms with Crippen LogP contribution in [0.15, 0.2) is 4.47 Å². The Morgan fingerprint density at radius 1 is 1.69 bits per heavy atom. The summed E-state index contributed by atoms with van der Waals surface area (Å²) in [7, 11) is 0. The van der Waals surface area contributed by atoms with Crippen LogP contribution in [0.2, 0.25) is 0 Å². The minimum Gasteiger partial charge on any atom is -0.289 e. The molecule has 1 aromatic heterocycles. The summed E-state index contributed by atoms with van der Waals surface area (Å²) in [6, 6.07) is 0. The molecule has 1 amide bonds. The molecule has 5 nitrogen and oxygen atoms in total. The van der Waals surface area contributed by atoms with Crippen molar-refractivity contribution in [2.45, 2.75) is 20.4 Å². The second-order valence-electron chi connectivity index (χ2n) is 2.68. The van der Waals surface area contributed by atoms with Crippen LogP contribution in [0.1, 0.15) is 11.4 Å². The molecule has 0 atom stereocenters. The molecule has 0 aliphatic carbocycles. The maximum Gasteiger partial charge on any atom is 0.265 e. The SMILES string of the molecule is Cc1nn(CC(=O)NO)c(C)c1Br. The molecular formula is C7H10BrN3O2. The minimum atomic E-state index is -0.488. The van der Waals surface area contributed by atoms with Crippen molar-refractivity contribution in [2.24, 2.45) is 0 Å². The maximum absolute atomic E-state index is 10.8. The summed E-state index contributed by atoms with van der Waals surface area (Å²) in [5.41, 5.74) is 3.24. The van der Waals surface area contributed by atoms with Crippen molar-refractivity contribution in [1.82, 2.24) is 15.3 Å². The standard InChI is InChI=1S/C7H10BrN3O2/c1-4-7(8)5(2)11(9-4)3-6(12)10-13/h13H,3H2,1-2H3,(H,10,12). The predicted octanol–water partition coefficient (Wildman–Crippen LogP) is 0.768. The lowest BCUT2D eigenvalue weighted by atomic mass is 10.4. The van der Waals surface area contributed by atoms with Gasteiger partial charge in [0.25, 0.3) is 5.91 Å². The van der Waals surface area contributed by atoms with E-state index < -0.39 is 5.91 Å². The van der Waals surface area contributed by atoms with E-state index in [9.17, 15) is 4.79 Å². The predicted molar refractivity (Wildman–Crippen MR) is 49.3 cm³/mol. The van der Waals surface area contributed by atoms with Crippen molar-refractivity contribution in [3.05, 3.63) is 15.9 Å². The molecule has 0 radical (unpaired) electrons. The van der Waals surface area contributed by atoms with Gasteiger partial charge in [0.1, 0.15) is 6.54 Å². The van der Waals surface area contributed by atoms with E-state index in [0.29, 0.717) is 0 Å². The third-order valence-corrected chi connectivity index (χ3v) is 2.86. The van der Waals surface area contributed by atoms with Gasteiger partial charge in [0.05, 0.1) is 15.9 Å². The average molecular weight is 248 g/mol. The third-order valence-electron chi connectivity index (χ3n) is 1.71. The van der Waals surface area contributed by atoms with Gasteiger partial charge in [-0.15, -0.1) is 0 Å². The van der Waals surface area contributed by atoms with Crippen molar-refractivity contribution >= 4 is 21.8 Å².